The first kappa shape index (κ1) is 14.1. The number of carbonyl (C=O) groups is 1. The van der Waals surface area contributed by atoms with Crippen LogP contribution in [0.25, 0.3) is 0 Å². The number of thioether (sulfide) groups is 1. The van der Waals surface area contributed by atoms with Crippen LogP contribution < -0.4 is 5.32 Å². The van der Waals surface area contributed by atoms with E-state index in [0.717, 1.165) is 0 Å². The molecule has 2 rings (SSSR count). The van der Waals surface area contributed by atoms with Gasteiger partial charge in [-0.25, -0.2) is 14.8 Å². The van der Waals surface area contributed by atoms with Crippen molar-refractivity contribution in [2.45, 2.75) is 37.1 Å². The Labute approximate surface area is 116 Å². The van der Waals surface area contributed by atoms with Gasteiger partial charge in [-0.1, -0.05) is 11.8 Å². The highest BCUT2D eigenvalue weighted by Gasteiger charge is 2.29. The number of nitrogens with one attached hydrogen (secondary N) is 1. The van der Waals surface area contributed by atoms with Gasteiger partial charge in [-0.15, -0.1) is 0 Å². The van der Waals surface area contributed by atoms with Crippen molar-refractivity contribution in [3.05, 3.63) is 11.8 Å². The van der Waals surface area contributed by atoms with Gasteiger partial charge in [0, 0.05) is 12.2 Å². The van der Waals surface area contributed by atoms with Crippen molar-refractivity contribution in [3.8, 4) is 0 Å². The lowest BCUT2D eigenvalue weighted by atomic mass is 9.89. The highest BCUT2D eigenvalue weighted by molar-refractivity contribution is 7.98. The van der Waals surface area contributed by atoms with Crippen LogP contribution in [0.4, 0.5) is 5.82 Å². The van der Waals surface area contributed by atoms with Crippen LogP contribution in [0.2, 0.25) is 0 Å². The van der Waals surface area contributed by atoms with Crippen LogP contribution >= 0.6 is 11.8 Å². The van der Waals surface area contributed by atoms with Crippen molar-refractivity contribution >= 4 is 23.5 Å². The zero-order chi connectivity index (χ0) is 13.8. The summed E-state index contributed by atoms with van der Waals surface area (Å²) in [5.74, 6) is 0.0484. The lowest BCUT2D eigenvalue weighted by Crippen LogP contribution is -2.39. The van der Waals surface area contributed by atoms with E-state index in [1.165, 1.54) is 18.0 Å². The van der Waals surface area contributed by atoms with E-state index in [0.29, 0.717) is 36.0 Å². The van der Waals surface area contributed by atoms with Gasteiger partial charge in [-0.2, -0.15) is 0 Å². The summed E-state index contributed by atoms with van der Waals surface area (Å²) in [5, 5.41) is 13.1. The molecular weight excluding hydrogens is 266 g/mol. The Morgan fingerprint density at radius 3 is 2.95 bits per heavy atom. The number of esters is 1. The van der Waals surface area contributed by atoms with Crippen LogP contribution in [0.3, 0.4) is 0 Å². The Hall–Kier alpha value is -1.34. The summed E-state index contributed by atoms with van der Waals surface area (Å²) >= 11 is 1.41. The summed E-state index contributed by atoms with van der Waals surface area (Å²) in [4.78, 5) is 20.2. The van der Waals surface area contributed by atoms with E-state index in [1.54, 1.807) is 6.92 Å². The van der Waals surface area contributed by atoms with E-state index in [-0.39, 0.29) is 12.1 Å². The third-order valence-corrected chi connectivity index (χ3v) is 3.46. The molecule has 1 aromatic rings. The SMILES string of the molecule is CCOC(=O)c1cnc(SC)nc1NC1CC(O)C1. The average Bonchev–Trinajstić information content (AvgIpc) is 2.37. The van der Waals surface area contributed by atoms with Crippen molar-refractivity contribution < 1.29 is 14.6 Å². The van der Waals surface area contributed by atoms with E-state index in [9.17, 15) is 9.90 Å². The molecule has 0 unspecified atom stereocenters. The molecule has 6 nitrogen and oxygen atoms in total. The third-order valence-electron chi connectivity index (χ3n) is 2.90. The molecule has 104 valence electrons. The van der Waals surface area contributed by atoms with Gasteiger partial charge in [0.05, 0.1) is 12.7 Å². The third kappa shape index (κ3) is 3.36. The second-order valence-corrected chi connectivity index (χ2v) is 5.08. The Kier molecular flexibility index (Phi) is 4.60. The van der Waals surface area contributed by atoms with E-state index < -0.39 is 5.97 Å². The van der Waals surface area contributed by atoms with E-state index >= 15 is 0 Å². The summed E-state index contributed by atoms with van der Waals surface area (Å²) in [6.07, 6.45) is 4.43. The first-order valence-corrected chi connectivity index (χ1v) is 7.39. The molecule has 0 amide bonds. The zero-order valence-electron chi connectivity index (χ0n) is 10.9. The van der Waals surface area contributed by atoms with Gasteiger partial charge in [0.15, 0.2) is 5.16 Å². The molecule has 7 heteroatoms. The number of rotatable bonds is 5. The van der Waals surface area contributed by atoms with Gasteiger partial charge in [0.2, 0.25) is 0 Å². The number of nitrogens with zero attached hydrogens (tertiary/aromatic N) is 2. The van der Waals surface area contributed by atoms with Crippen LogP contribution in [0.5, 0.6) is 0 Å². The van der Waals surface area contributed by atoms with Gasteiger partial charge < -0.3 is 15.2 Å². The van der Waals surface area contributed by atoms with E-state index in [1.807, 2.05) is 6.26 Å². The number of carbonyl (C=O) groups excluding carboxylic acids is 1. The predicted octanol–water partition coefficient (Wildman–Crippen LogP) is 1.31. The molecule has 1 aromatic heterocycles. The molecule has 0 aromatic carbocycles. The normalized spacial score (nSPS) is 21.6. The van der Waals surface area contributed by atoms with Crippen LogP contribution in [0.1, 0.15) is 30.1 Å². The van der Waals surface area contributed by atoms with E-state index in [4.69, 9.17) is 4.74 Å². The molecular formula is C12H17N3O3S. The summed E-state index contributed by atoms with van der Waals surface area (Å²) in [5.41, 5.74) is 0.334. The monoisotopic (exact) mass is 283 g/mol. The minimum absolute atomic E-state index is 0.146. The smallest absolute Gasteiger partial charge is 0.343 e. The number of ether oxygens (including phenoxy) is 1. The van der Waals surface area contributed by atoms with E-state index in [2.05, 4.69) is 15.3 Å². The van der Waals surface area contributed by atoms with Crippen molar-refractivity contribution in [2.24, 2.45) is 0 Å². The molecule has 0 bridgehead atoms. The minimum atomic E-state index is -0.433. The molecule has 1 fully saturated rings. The first-order chi connectivity index (χ1) is 9.13. The van der Waals surface area contributed by atoms with Gasteiger partial charge in [0.1, 0.15) is 11.4 Å². The summed E-state index contributed by atoms with van der Waals surface area (Å²) in [6.45, 7) is 2.06. The van der Waals surface area contributed by atoms with Gasteiger partial charge in [-0.05, 0) is 26.0 Å². The topological polar surface area (TPSA) is 84.3 Å². The number of aromatic nitrogens is 2. The first-order valence-electron chi connectivity index (χ1n) is 6.16. The molecule has 0 saturated heterocycles. The van der Waals surface area contributed by atoms with Crippen LogP contribution in [-0.2, 0) is 4.74 Å². The average molecular weight is 283 g/mol. The summed E-state index contributed by atoms with van der Waals surface area (Å²) < 4.78 is 4.98. The van der Waals surface area contributed by atoms with Gasteiger partial charge >= 0.3 is 5.97 Å². The second kappa shape index (κ2) is 6.21. The van der Waals surface area contributed by atoms with Crippen molar-refractivity contribution in [1.82, 2.24) is 9.97 Å². The zero-order valence-corrected chi connectivity index (χ0v) is 11.7. The van der Waals surface area contributed by atoms with Gasteiger partial charge in [-0.3, -0.25) is 0 Å². The molecule has 1 heterocycles. The fourth-order valence-corrected chi connectivity index (χ4v) is 2.17. The highest BCUT2D eigenvalue weighted by Crippen LogP contribution is 2.26. The van der Waals surface area contributed by atoms with Gasteiger partial charge in [0.25, 0.3) is 0 Å². The number of anilines is 1. The summed E-state index contributed by atoms with van der Waals surface area (Å²) in [7, 11) is 0. The number of aliphatic hydroxyl groups excluding tert-OH is 1. The van der Waals surface area contributed by atoms with Crippen molar-refractivity contribution in [2.75, 3.05) is 18.2 Å². The molecule has 1 saturated carbocycles. The number of hydrogen-bond donors (Lipinski definition) is 2. The lowest BCUT2D eigenvalue weighted by Gasteiger charge is -2.32. The number of hydrogen-bond acceptors (Lipinski definition) is 7. The molecule has 0 aliphatic heterocycles. The largest absolute Gasteiger partial charge is 0.462 e. The maximum absolute atomic E-state index is 11.8. The standard InChI is InChI=1S/C12H17N3O3S/c1-3-18-11(17)9-6-13-12(19-2)15-10(9)14-7-4-8(16)5-7/h6-8,16H,3-5H2,1-2H3,(H,13,14,15). The second-order valence-electron chi connectivity index (χ2n) is 4.31. The molecule has 1 aliphatic rings. The minimum Gasteiger partial charge on any atom is -0.462 e. The lowest BCUT2D eigenvalue weighted by molar-refractivity contribution is 0.0526. The van der Waals surface area contributed by atoms with Crippen molar-refractivity contribution in [3.63, 3.8) is 0 Å². The maximum Gasteiger partial charge on any atom is 0.343 e. The van der Waals surface area contributed by atoms with Crippen LogP contribution in [-0.4, -0.2) is 46.1 Å². The molecule has 1 aliphatic carbocycles. The number of aliphatic hydroxyl groups is 1. The molecule has 2 N–H and O–H groups in total. The van der Waals surface area contributed by atoms with Crippen LogP contribution in [0.15, 0.2) is 11.4 Å². The maximum atomic E-state index is 11.8. The Bertz CT molecular complexity index is 464. The fourth-order valence-electron chi connectivity index (χ4n) is 1.83. The predicted molar refractivity (Wildman–Crippen MR) is 72.4 cm³/mol. The van der Waals surface area contributed by atoms with Crippen LogP contribution in [0, 0.1) is 0 Å². The highest BCUT2D eigenvalue weighted by atomic mass is 32.2. The molecule has 19 heavy (non-hydrogen) atoms. The summed E-state index contributed by atoms with van der Waals surface area (Å²) in [6, 6.07) is 0.146. The fraction of sp³-hybridized carbons (Fsp3) is 0.583. The molecule has 0 radical (unpaired) electrons. The quantitative estimate of drug-likeness (QED) is 0.479. The Balaban J connectivity index is 2.18. The molecule has 0 atom stereocenters. The Morgan fingerprint density at radius 2 is 2.37 bits per heavy atom. The Morgan fingerprint density at radius 1 is 1.63 bits per heavy atom. The molecule has 0 spiro atoms. The van der Waals surface area contributed by atoms with Crippen molar-refractivity contribution in [1.29, 1.82) is 0 Å².